The minimum Gasteiger partial charge on any atom is -0.394 e. The standard InChI is InChI=1S/C87H120N20O19S/c1-11-13-29-67-75(114)74(50(6)109)82(121)102-66(77(116)93-42-71(89)111)45-127-46-73(113)96-62(34-51-23-16-15-17-24-51)84(123)104(8)49(5)76(115)98-64(38-70(88)110)86(125)107-32-22-31-68(107)81(120)97-60(37-54-41-90-47-94-54)79(118)99-61(33-48(3)4)83(122)103(7)43-72(112)95-59(35-52-39-91-57-27-20-18-25-55(52)57)78(117)101-65(44-108)80(119)100-63(36-53-40-92-58-28-21-19-26-56(53)58)85(124)106(10)69(30-14-12-2)87(126)105(67)9/h15-21,23-28,39-41,47-50,59-69,74,91-92,108-109H,11-14,22,29-38,42-46H2,1-10H3,(H2,88,110)(H2,89,111)(H,90,94)(H,93,116)(H,95,112)(H,96,113)(H,97,120)(H,98,115)(H,99,118)(H,100,119)(H,101,117)(H,102,121)/t49-,50+,59-,60-,61-,62-,63-,64-,65-,66-,67-,68-,69-,74+/m0/s1. The van der Waals surface area contributed by atoms with E-state index in [2.05, 4.69) is 67.8 Å². The van der Waals surface area contributed by atoms with Gasteiger partial charge in [0.25, 0.3) is 0 Å². The van der Waals surface area contributed by atoms with Gasteiger partial charge in [0, 0.05) is 112 Å². The Kier molecular flexibility index (Phi) is 37.5. The molecule has 0 saturated carbocycles. The van der Waals surface area contributed by atoms with Crippen LogP contribution in [0.25, 0.3) is 21.8 Å². The first-order chi connectivity index (χ1) is 60.4. The number of thioether (sulfide) groups is 1. The number of unbranched alkanes of at least 4 members (excludes halogenated alkanes) is 2. The van der Waals surface area contributed by atoms with Crippen LogP contribution in [0.2, 0.25) is 0 Å². The molecule has 16 amide bonds. The topological polar surface area (TPSA) is 567 Å². The lowest BCUT2D eigenvalue weighted by atomic mass is 9.88. The largest absolute Gasteiger partial charge is 0.394 e. The van der Waals surface area contributed by atoms with E-state index < -0.39 is 222 Å². The van der Waals surface area contributed by atoms with Gasteiger partial charge in [-0.1, -0.05) is 120 Å². The Morgan fingerprint density at radius 2 is 1.09 bits per heavy atom. The van der Waals surface area contributed by atoms with Gasteiger partial charge in [0.05, 0.1) is 50.3 Å². The highest BCUT2D eigenvalue weighted by Crippen LogP contribution is 2.27. The van der Waals surface area contributed by atoms with Crippen LogP contribution in [0.4, 0.5) is 0 Å². The van der Waals surface area contributed by atoms with Crippen LogP contribution in [0.15, 0.2) is 104 Å². The number of likely N-dealkylation sites (N-methyl/N-ethyl adjacent to an activating group) is 4. The van der Waals surface area contributed by atoms with E-state index in [1.54, 1.807) is 112 Å². The lowest BCUT2D eigenvalue weighted by Crippen LogP contribution is -2.61. The molecule has 2 aliphatic heterocycles. The number of hydrogen-bond acceptors (Lipinski definition) is 21. The Bertz CT molecular complexity index is 4890. The van der Waals surface area contributed by atoms with Gasteiger partial charge >= 0.3 is 0 Å². The molecule has 2 fully saturated rings. The minimum absolute atomic E-state index is 0.0166. The quantitative estimate of drug-likeness (QED) is 0.0331. The average Bonchev–Trinajstić information content (AvgIpc) is 1.65. The van der Waals surface area contributed by atoms with Crippen molar-refractivity contribution in [2.24, 2.45) is 23.3 Å². The molecule has 0 unspecified atom stereocenters. The van der Waals surface area contributed by atoms with E-state index in [0.717, 1.165) is 43.2 Å². The number of amides is 16. The number of fused-ring (bicyclic) bond motifs is 3. The molecule has 3 aromatic heterocycles. The Balaban J connectivity index is 1.18. The number of carbonyl (C=O) groups is 17. The molecular formula is C87H120N20O19S. The molecule has 2 saturated heterocycles. The van der Waals surface area contributed by atoms with Crippen molar-refractivity contribution in [2.45, 2.75) is 210 Å². The first-order valence-electron chi connectivity index (χ1n) is 42.6. The molecular weight excluding hydrogens is 1660 g/mol. The summed E-state index contributed by atoms with van der Waals surface area (Å²) in [5.74, 6) is -19.4. The molecule has 14 atom stereocenters. The third-order valence-corrected chi connectivity index (χ3v) is 23.7. The molecule has 0 bridgehead atoms. The maximum absolute atomic E-state index is 15.6. The molecule has 6 aromatic rings. The summed E-state index contributed by atoms with van der Waals surface area (Å²) in [5, 5.41) is 47.4. The predicted octanol–water partition coefficient (Wildman–Crippen LogP) is -1.32. The van der Waals surface area contributed by atoms with E-state index in [0.29, 0.717) is 63.5 Å². The molecule has 5 heterocycles. The fraction of sp³-hybridized carbons (Fsp3) is 0.517. The van der Waals surface area contributed by atoms with Crippen LogP contribution in [0.3, 0.4) is 0 Å². The van der Waals surface area contributed by atoms with Crippen molar-refractivity contribution in [3.05, 3.63) is 126 Å². The molecule has 18 N–H and O–H groups in total. The molecule has 39 nitrogen and oxygen atoms in total. The highest BCUT2D eigenvalue weighted by molar-refractivity contribution is 8.00. The number of benzene rings is 3. The van der Waals surface area contributed by atoms with Crippen molar-refractivity contribution in [1.82, 2.24) is 92.3 Å². The fourth-order valence-electron chi connectivity index (χ4n) is 15.5. The summed E-state index contributed by atoms with van der Waals surface area (Å²) in [4.78, 5) is 266. The number of para-hydroxylation sites is 2. The summed E-state index contributed by atoms with van der Waals surface area (Å²) in [6.07, 6.45) is 4.01. The summed E-state index contributed by atoms with van der Waals surface area (Å²) in [6, 6.07) is 4.05. The highest BCUT2D eigenvalue weighted by atomic mass is 32.2. The van der Waals surface area contributed by atoms with Crippen LogP contribution in [0.5, 0.6) is 0 Å². The van der Waals surface area contributed by atoms with Crippen molar-refractivity contribution in [3.8, 4) is 0 Å². The van der Waals surface area contributed by atoms with E-state index >= 15 is 24.0 Å². The van der Waals surface area contributed by atoms with Gasteiger partial charge in [-0.3, -0.25) is 81.5 Å². The number of aromatic nitrogens is 4. The van der Waals surface area contributed by atoms with Crippen LogP contribution in [0.1, 0.15) is 128 Å². The summed E-state index contributed by atoms with van der Waals surface area (Å²) in [6.45, 7) is 6.97. The minimum atomic E-state index is -2.03. The Labute approximate surface area is 739 Å². The lowest BCUT2D eigenvalue weighted by Gasteiger charge is -2.37. The summed E-state index contributed by atoms with van der Waals surface area (Å²) < 4.78 is 0. The molecule has 0 radical (unpaired) electrons. The monoisotopic (exact) mass is 1780 g/mol. The van der Waals surface area contributed by atoms with E-state index in [-0.39, 0.29) is 76.7 Å². The second-order valence-electron chi connectivity index (χ2n) is 32.7. The molecule has 2 aliphatic rings. The number of nitrogens with one attached hydrogen (secondary N) is 12. The molecule has 0 aliphatic carbocycles. The molecule has 127 heavy (non-hydrogen) atoms. The molecule has 8 rings (SSSR count). The van der Waals surface area contributed by atoms with Gasteiger partial charge in [-0.05, 0) is 80.7 Å². The maximum Gasteiger partial charge on any atom is 0.246 e. The van der Waals surface area contributed by atoms with Crippen LogP contribution in [0, 0.1) is 11.8 Å². The fourth-order valence-corrected chi connectivity index (χ4v) is 16.4. The number of ketones is 1. The third kappa shape index (κ3) is 27.7. The van der Waals surface area contributed by atoms with Crippen LogP contribution in [-0.2, 0) is 107 Å². The van der Waals surface area contributed by atoms with Crippen LogP contribution in [-0.4, -0.2) is 299 Å². The average molecular weight is 1780 g/mol. The van der Waals surface area contributed by atoms with Crippen LogP contribution < -0.4 is 59.3 Å². The number of hydrogen-bond donors (Lipinski definition) is 16. The molecule has 3 aromatic carbocycles. The number of aliphatic hydroxyl groups excluding tert-OH is 2. The van der Waals surface area contributed by atoms with Crippen molar-refractivity contribution in [3.63, 3.8) is 0 Å². The highest BCUT2D eigenvalue weighted by Gasteiger charge is 2.46. The molecule has 0 spiro atoms. The van der Waals surface area contributed by atoms with Gasteiger partial charge in [0.15, 0.2) is 5.78 Å². The Hall–Kier alpha value is -12.6. The van der Waals surface area contributed by atoms with Gasteiger partial charge in [-0.25, -0.2) is 4.98 Å². The second kappa shape index (κ2) is 47.7. The zero-order valence-electron chi connectivity index (χ0n) is 73.2. The first kappa shape index (κ1) is 99.8. The number of aromatic amines is 3. The Morgan fingerprint density at radius 3 is 1.68 bits per heavy atom. The van der Waals surface area contributed by atoms with E-state index in [1.165, 1.54) is 47.6 Å². The lowest BCUT2D eigenvalue weighted by molar-refractivity contribution is -0.151. The van der Waals surface area contributed by atoms with Crippen molar-refractivity contribution >= 4 is 134 Å². The van der Waals surface area contributed by atoms with Gasteiger partial charge < -0.3 is 109 Å². The SMILES string of the molecule is CCCC[C@H]1C(=O)N(C)[C@@H](CCCC)C(=O)[C@@H]([C@@H](C)O)C(=O)N[C@H](C(=O)NCC(N)=O)CSCC(=O)N[C@@H](Cc2ccccc2)C(=O)N(C)[C@@H](C)C(=O)N[C@@H](CC(N)=O)C(=O)N2CCC[C@H]2C(=O)N[C@@H](Cc2cnc[nH]2)C(=O)N[C@@H](CC(C)C)C(=O)N(C)CC(=O)N[C@@H](Cc2c[nH]c3ccccc23)C(=O)N[C@@H](CO)C(=O)N[C@@H](Cc2c[nH]c3ccccc23)C(=O)N1C. The Morgan fingerprint density at radius 1 is 0.559 bits per heavy atom. The number of carbonyl (C=O) groups excluding carboxylic acids is 17. The normalized spacial score (nSPS) is 24.3. The number of nitrogens with two attached hydrogens (primary N) is 2. The molecule has 688 valence electrons. The molecule has 40 heteroatoms. The zero-order chi connectivity index (χ0) is 93.0. The number of nitrogens with zero attached hydrogens (tertiary/aromatic N) is 6. The number of primary amides is 2. The summed E-state index contributed by atoms with van der Waals surface area (Å²) in [5.41, 5.74) is 14.3. The summed E-state index contributed by atoms with van der Waals surface area (Å²) in [7, 11) is 5.15. The summed E-state index contributed by atoms with van der Waals surface area (Å²) >= 11 is 0.750. The third-order valence-electron chi connectivity index (χ3n) is 22.6. The first-order valence-corrected chi connectivity index (χ1v) is 43.7. The zero-order valence-corrected chi connectivity index (χ0v) is 74.0. The predicted molar refractivity (Wildman–Crippen MR) is 469 cm³/mol. The smallest absolute Gasteiger partial charge is 0.246 e. The van der Waals surface area contributed by atoms with Gasteiger partial charge in [-0.2, -0.15) is 0 Å². The van der Waals surface area contributed by atoms with Crippen molar-refractivity contribution in [1.29, 1.82) is 0 Å². The number of Topliss-reactive ketones (excluding diaryl/α,β-unsaturated/α-hetero) is 1. The number of rotatable bonds is 23. The van der Waals surface area contributed by atoms with E-state index in [1.807, 2.05) is 6.92 Å². The van der Waals surface area contributed by atoms with Gasteiger partial charge in [0.1, 0.15) is 72.4 Å². The maximum atomic E-state index is 15.6. The van der Waals surface area contributed by atoms with E-state index in [9.17, 15) is 67.7 Å². The van der Waals surface area contributed by atoms with Crippen molar-refractivity contribution in [2.75, 3.05) is 65.9 Å². The van der Waals surface area contributed by atoms with E-state index in [4.69, 9.17) is 11.5 Å². The number of aliphatic hydroxyl groups is 2. The number of imidazole rings is 1. The van der Waals surface area contributed by atoms with Crippen molar-refractivity contribution < 1.29 is 91.7 Å². The van der Waals surface area contributed by atoms with Gasteiger partial charge in [0.2, 0.25) is 94.5 Å². The number of H-pyrrole nitrogens is 3. The van der Waals surface area contributed by atoms with Gasteiger partial charge in [-0.15, -0.1) is 11.8 Å². The van der Waals surface area contributed by atoms with Crippen LogP contribution >= 0.6 is 11.8 Å². The second-order valence-corrected chi connectivity index (χ2v) is 33.8.